The number of rotatable bonds is 4. The van der Waals surface area contributed by atoms with Gasteiger partial charge in [0.05, 0.1) is 0 Å². The molecule has 1 unspecified atom stereocenters. The molecule has 3 fully saturated rings. The van der Waals surface area contributed by atoms with E-state index in [9.17, 15) is 0 Å². The first-order valence-corrected chi connectivity index (χ1v) is 7.37. The summed E-state index contributed by atoms with van der Waals surface area (Å²) in [6.45, 7) is 5.29. The van der Waals surface area contributed by atoms with Gasteiger partial charge < -0.3 is 10.2 Å². The summed E-state index contributed by atoms with van der Waals surface area (Å²) in [4.78, 5) is 2.74. The molecule has 3 rings (SSSR count). The summed E-state index contributed by atoms with van der Waals surface area (Å²) in [7, 11) is 0. The van der Waals surface area contributed by atoms with Crippen LogP contribution < -0.4 is 5.32 Å². The summed E-state index contributed by atoms with van der Waals surface area (Å²) >= 11 is 0. The van der Waals surface area contributed by atoms with Gasteiger partial charge in [0.2, 0.25) is 0 Å². The summed E-state index contributed by atoms with van der Waals surface area (Å²) < 4.78 is 0. The minimum absolute atomic E-state index is 0.823. The van der Waals surface area contributed by atoms with E-state index in [1.807, 2.05) is 0 Å². The lowest BCUT2D eigenvalue weighted by molar-refractivity contribution is 0.207. The third-order valence-electron chi connectivity index (χ3n) is 4.78. The maximum atomic E-state index is 3.75. The van der Waals surface area contributed by atoms with Crippen LogP contribution in [0, 0.1) is 11.8 Å². The van der Waals surface area contributed by atoms with E-state index in [4.69, 9.17) is 0 Å². The van der Waals surface area contributed by atoms with Crippen LogP contribution >= 0.6 is 0 Å². The molecule has 3 aliphatic rings. The van der Waals surface area contributed by atoms with Crippen LogP contribution in [0.25, 0.3) is 0 Å². The van der Waals surface area contributed by atoms with Gasteiger partial charge >= 0.3 is 0 Å². The second-order valence-corrected chi connectivity index (χ2v) is 6.14. The Morgan fingerprint density at radius 1 is 1.06 bits per heavy atom. The molecule has 1 aliphatic heterocycles. The lowest BCUT2D eigenvalue weighted by Crippen LogP contribution is -2.40. The van der Waals surface area contributed by atoms with Crippen molar-refractivity contribution in [2.45, 2.75) is 51.0 Å². The molecule has 2 aliphatic carbocycles. The van der Waals surface area contributed by atoms with Gasteiger partial charge in [0, 0.05) is 12.6 Å². The minimum atomic E-state index is 0.823. The van der Waals surface area contributed by atoms with Crippen LogP contribution in [-0.2, 0) is 0 Å². The van der Waals surface area contributed by atoms with E-state index in [0.717, 1.165) is 17.9 Å². The Kier molecular flexibility index (Phi) is 3.49. The van der Waals surface area contributed by atoms with E-state index in [1.54, 1.807) is 0 Å². The van der Waals surface area contributed by atoms with Gasteiger partial charge in [0.15, 0.2) is 0 Å². The smallest absolute Gasteiger partial charge is 0.0223 e. The number of nitrogens with zero attached hydrogens (tertiary/aromatic N) is 1. The zero-order valence-corrected chi connectivity index (χ0v) is 10.5. The average molecular weight is 222 g/mol. The van der Waals surface area contributed by atoms with Crippen LogP contribution in [0.15, 0.2) is 0 Å². The molecule has 2 saturated carbocycles. The predicted molar refractivity (Wildman–Crippen MR) is 67.5 cm³/mol. The largest absolute Gasteiger partial charge is 0.312 e. The van der Waals surface area contributed by atoms with E-state index in [1.165, 1.54) is 71.1 Å². The summed E-state index contributed by atoms with van der Waals surface area (Å²) in [6, 6.07) is 0.823. The molecule has 1 N–H and O–H groups in total. The quantitative estimate of drug-likeness (QED) is 0.785. The maximum absolute atomic E-state index is 3.75. The summed E-state index contributed by atoms with van der Waals surface area (Å²) in [5, 5.41) is 3.75. The molecule has 1 atom stereocenters. The van der Waals surface area contributed by atoms with Gasteiger partial charge in [-0.25, -0.2) is 0 Å². The molecular weight excluding hydrogens is 196 g/mol. The summed E-state index contributed by atoms with van der Waals surface area (Å²) in [5.41, 5.74) is 0. The van der Waals surface area contributed by atoms with E-state index in [-0.39, 0.29) is 0 Å². The van der Waals surface area contributed by atoms with Crippen molar-refractivity contribution in [3.05, 3.63) is 0 Å². The van der Waals surface area contributed by atoms with Crippen molar-refractivity contribution in [3.8, 4) is 0 Å². The molecule has 2 heteroatoms. The van der Waals surface area contributed by atoms with Crippen molar-refractivity contribution in [2.75, 3.05) is 26.2 Å². The normalized spacial score (nSPS) is 33.4. The average Bonchev–Trinajstić information content (AvgIpc) is 3.02. The van der Waals surface area contributed by atoms with Gasteiger partial charge in [-0.1, -0.05) is 19.3 Å². The Morgan fingerprint density at radius 2 is 1.94 bits per heavy atom. The molecule has 1 saturated heterocycles. The third-order valence-corrected chi connectivity index (χ3v) is 4.78. The first-order chi connectivity index (χ1) is 7.92. The number of nitrogens with one attached hydrogen (secondary N) is 1. The second-order valence-electron chi connectivity index (χ2n) is 6.14. The highest BCUT2D eigenvalue weighted by atomic mass is 15.2. The van der Waals surface area contributed by atoms with E-state index in [2.05, 4.69) is 10.2 Å². The molecule has 92 valence electrons. The fourth-order valence-electron chi connectivity index (χ4n) is 3.19. The molecular formula is C14H26N2. The Morgan fingerprint density at radius 3 is 2.62 bits per heavy atom. The summed E-state index contributed by atoms with van der Waals surface area (Å²) in [6.07, 6.45) is 10.3. The lowest BCUT2D eigenvalue weighted by atomic mass is 9.83. The van der Waals surface area contributed by atoms with Crippen LogP contribution in [-0.4, -0.2) is 37.1 Å². The molecule has 0 bridgehead atoms. The third kappa shape index (κ3) is 2.78. The lowest BCUT2D eigenvalue weighted by Gasteiger charge is -2.30. The zero-order chi connectivity index (χ0) is 10.8. The highest BCUT2D eigenvalue weighted by Crippen LogP contribution is 2.34. The van der Waals surface area contributed by atoms with Gasteiger partial charge in [-0.05, 0) is 57.2 Å². The SMILES string of the molecule is C1CC(CCN2CCCNC(C3CC3)C2)C1. The highest BCUT2D eigenvalue weighted by Gasteiger charge is 2.33. The first kappa shape index (κ1) is 11.0. The standard InChI is InChI=1S/C14H26N2/c1-3-12(4-1)7-10-16-9-2-8-15-14(11-16)13-5-6-13/h12-15H,1-11H2. The number of hydrogen-bond acceptors (Lipinski definition) is 2. The molecule has 1 heterocycles. The fraction of sp³-hybridized carbons (Fsp3) is 1.00. The van der Waals surface area contributed by atoms with Crippen molar-refractivity contribution in [2.24, 2.45) is 11.8 Å². The monoisotopic (exact) mass is 222 g/mol. The highest BCUT2D eigenvalue weighted by molar-refractivity contribution is 4.90. The van der Waals surface area contributed by atoms with Crippen molar-refractivity contribution < 1.29 is 0 Å². The van der Waals surface area contributed by atoms with E-state index < -0.39 is 0 Å². The van der Waals surface area contributed by atoms with Crippen LogP contribution in [0.2, 0.25) is 0 Å². The maximum Gasteiger partial charge on any atom is 0.0223 e. The Bertz CT molecular complexity index is 221. The van der Waals surface area contributed by atoms with E-state index >= 15 is 0 Å². The molecule has 0 amide bonds. The van der Waals surface area contributed by atoms with Crippen molar-refractivity contribution >= 4 is 0 Å². The topological polar surface area (TPSA) is 15.3 Å². The van der Waals surface area contributed by atoms with Gasteiger partial charge in [0.1, 0.15) is 0 Å². The zero-order valence-electron chi connectivity index (χ0n) is 10.5. The predicted octanol–water partition coefficient (Wildman–Crippen LogP) is 2.25. The van der Waals surface area contributed by atoms with Crippen LogP contribution in [0.4, 0.5) is 0 Å². The van der Waals surface area contributed by atoms with Crippen LogP contribution in [0.5, 0.6) is 0 Å². The van der Waals surface area contributed by atoms with Gasteiger partial charge in [-0.3, -0.25) is 0 Å². The summed E-state index contributed by atoms with van der Waals surface area (Å²) in [5.74, 6) is 2.10. The van der Waals surface area contributed by atoms with Crippen molar-refractivity contribution in [3.63, 3.8) is 0 Å². The minimum Gasteiger partial charge on any atom is -0.312 e. The van der Waals surface area contributed by atoms with Crippen molar-refractivity contribution in [1.82, 2.24) is 10.2 Å². The van der Waals surface area contributed by atoms with Crippen LogP contribution in [0.3, 0.4) is 0 Å². The van der Waals surface area contributed by atoms with Gasteiger partial charge in [-0.15, -0.1) is 0 Å². The van der Waals surface area contributed by atoms with Crippen molar-refractivity contribution in [1.29, 1.82) is 0 Å². The Hall–Kier alpha value is -0.0800. The van der Waals surface area contributed by atoms with Gasteiger partial charge in [0.25, 0.3) is 0 Å². The van der Waals surface area contributed by atoms with Crippen LogP contribution in [0.1, 0.15) is 44.9 Å². The molecule has 0 aromatic heterocycles. The molecule has 0 spiro atoms. The Balaban J connectivity index is 1.44. The first-order valence-electron chi connectivity index (χ1n) is 7.37. The number of hydrogen-bond donors (Lipinski definition) is 1. The van der Waals surface area contributed by atoms with E-state index in [0.29, 0.717) is 0 Å². The fourth-order valence-corrected chi connectivity index (χ4v) is 3.19. The molecule has 16 heavy (non-hydrogen) atoms. The molecule has 0 radical (unpaired) electrons. The van der Waals surface area contributed by atoms with Gasteiger partial charge in [-0.2, -0.15) is 0 Å². The molecule has 2 nitrogen and oxygen atoms in total. The Labute approximate surface area is 99.8 Å². The molecule has 0 aromatic carbocycles. The second kappa shape index (κ2) is 5.05. The molecule has 0 aromatic rings.